The third kappa shape index (κ3) is 41.1. The average Bonchev–Trinajstić information content (AvgIpc) is 1.22. The predicted octanol–water partition coefficient (Wildman–Crippen LogP) is 18.1. The zero-order valence-electron chi connectivity index (χ0n) is 91.6. The van der Waals surface area contributed by atoms with Crippen LogP contribution in [0.2, 0.25) is 0 Å². The van der Waals surface area contributed by atoms with Crippen molar-refractivity contribution in [2.24, 2.45) is 0 Å². The number of likely N-dealkylation sites (N-methyl/N-ethyl adjacent to an activating group) is 2. The van der Waals surface area contributed by atoms with Crippen LogP contribution in [-0.4, -0.2) is 288 Å². The van der Waals surface area contributed by atoms with E-state index in [2.05, 4.69) is 174 Å². The van der Waals surface area contributed by atoms with Crippen molar-refractivity contribution in [2.45, 2.75) is 269 Å². The summed E-state index contributed by atoms with van der Waals surface area (Å²) in [6, 6.07) is 16.0. The molecule has 0 radical (unpaired) electrons. The number of aromatic nitrogens is 8. The number of hydrogen-bond acceptors (Lipinski definition) is 24. The molecule has 14 heterocycles. The minimum atomic E-state index is -0.0495. The van der Waals surface area contributed by atoms with E-state index in [9.17, 15) is 24.0 Å². The highest BCUT2D eigenvalue weighted by atomic mass is 16.5. The van der Waals surface area contributed by atoms with Crippen LogP contribution in [0.25, 0.3) is 0 Å². The zero-order valence-corrected chi connectivity index (χ0v) is 91.6. The molecule has 776 valence electrons. The Morgan fingerprint density at radius 1 is 0.284 bits per heavy atom. The van der Waals surface area contributed by atoms with E-state index in [1.54, 1.807) is 14.1 Å². The van der Waals surface area contributed by atoms with Gasteiger partial charge in [-0.25, -0.2) is 0 Å². The molecule has 6 aliphatic rings. The Bertz CT molecular complexity index is 5210. The molecule has 6 fully saturated rings. The van der Waals surface area contributed by atoms with Crippen LogP contribution in [0.3, 0.4) is 0 Å². The van der Waals surface area contributed by atoms with Crippen molar-refractivity contribution in [3.05, 3.63) is 184 Å². The number of hydrogen-bond donors (Lipinski definition) is 5. The molecule has 0 aromatic carbocycles. The smallest absolute Gasteiger partial charge is 0.260 e. The molecule has 8 aromatic heterocycles. The fourth-order valence-electron chi connectivity index (χ4n) is 17.4. The van der Waals surface area contributed by atoms with E-state index >= 15 is 0 Å². The van der Waals surface area contributed by atoms with Gasteiger partial charge >= 0.3 is 0 Å². The number of piperidine rings is 4. The molecule has 0 unspecified atom stereocenters. The maximum Gasteiger partial charge on any atom is 0.260 e. The molecule has 6 saturated heterocycles. The van der Waals surface area contributed by atoms with Crippen LogP contribution in [0.15, 0.2) is 48.5 Å². The number of carbonyl (C=O) groups is 5. The summed E-state index contributed by atoms with van der Waals surface area (Å²) in [4.78, 5) is 111. The first-order valence-electron chi connectivity index (χ1n) is 51.6. The lowest BCUT2D eigenvalue weighted by molar-refractivity contribution is -0.134. The number of anilines is 5. The first kappa shape index (κ1) is 117. The number of aryl methyl sites for hydroxylation is 16. The molecule has 0 saturated carbocycles. The van der Waals surface area contributed by atoms with Crippen LogP contribution >= 0.6 is 0 Å². The van der Waals surface area contributed by atoms with Gasteiger partial charge < -0.3 is 75.1 Å². The summed E-state index contributed by atoms with van der Waals surface area (Å²) >= 11 is 0. The molecular formula is C112H175N21O8. The lowest BCUT2D eigenvalue weighted by Gasteiger charge is -2.27. The van der Waals surface area contributed by atoms with Crippen molar-refractivity contribution >= 4 is 58.0 Å². The van der Waals surface area contributed by atoms with Crippen LogP contribution in [0.5, 0.6) is 17.2 Å². The largest absolute Gasteiger partial charge is 0.483 e. The Kier molecular flexibility index (Phi) is 50.1. The summed E-state index contributed by atoms with van der Waals surface area (Å²) in [5.74, 6) is 2.68. The van der Waals surface area contributed by atoms with Gasteiger partial charge in [-0.2, -0.15) is 0 Å². The number of rotatable bonds is 27. The predicted molar refractivity (Wildman–Crippen MR) is 577 cm³/mol. The summed E-state index contributed by atoms with van der Waals surface area (Å²) in [6.07, 6.45) is 19.8. The van der Waals surface area contributed by atoms with Gasteiger partial charge in [-0.05, 0) is 368 Å². The molecule has 5 amide bonds. The number of ether oxygens (including phenoxy) is 3. The highest BCUT2D eigenvalue weighted by Crippen LogP contribution is 2.29. The van der Waals surface area contributed by atoms with E-state index in [1.807, 2.05) is 156 Å². The third-order valence-corrected chi connectivity index (χ3v) is 27.0. The lowest BCUT2D eigenvalue weighted by atomic mass is 10.1. The van der Waals surface area contributed by atoms with E-state index < -0.39 is 0 Å². The SMILES string of the molecule is Cc1cc(NC(=O)CN2CCCCC2)c(C)c(C)n1.Cc1cc(NCC(=O)N2CCCCC2)c(C)c(C)n1.Cc1cc(NCCN(C)C)c(C)c(C)n1.Cc1cc(NCCN2CCCC2)c(C)c(C)n1.Cc1cc(NCCN2CCCCC2)c(C)c(C)n1.Cc1cc(OCC(=O)N(C)C)c(C)c(C)n1.Cc1cc(OCC(=O)N2CCCC2)c(C)c(C)n1.Cc1cc(OCC(=O)N2CCCCC2)c(C)c(C)n1. The van der Waals surface area contributed by atoms with E-state index in [1.165, 1.54) is 129 Å². The van der Waals surface area contributed by atoms with Gasteiger partial charge in [-0.1, -0.05) is 12.8 Å². The van der Waals surface area contributed by atoms with Gasteiger partial charge in [0.25, 0.3) is 17.7 Å². The molecule has 6 aliphatic heterocycles. The maximum absolute atomic E-state index is 12.1. The van der Waals surface area contributed by atoms with E-state index in [0.29, 0.717) is 13.1 Å². The molecule has 0 aliphatic carbocycles. The van der Waals surface area contributed by atoms with Crippen molar-refractivity contribution in [1.82, 2.24) is 79.1 Å². The van der Waals surface area contributed by atoms with E-state index in [-0.39, 0.29) is 49.4 Å². The summed E-state index contributed by atoms with van der Waals surface area (Å²) in [7, 11) is 7.58. The molecule has 29 nitrogen and oxygen atoms in total. The number of nitrogens with one attached hydrogen (secondary N) is 5. The second-order valence-corrected chi connectivity index (χ2v) is 39.4. The molecule has 0 atom stereocenters. The number of pyridine rings is 8. The molecule has 141 heavy (non-hydrogen) atoms. The Labute approximate surface area is 846 Å². The second kappa shape index (κ2) is 60.4. The first-order valence-corrected chi connectivity index (χ1v) is 51.6. The van der Waals surface area contributed by atoms with Crippen molar-refractivity contribution in [3.8, 4) is 17.2 Å². The van der Waals surface area contributed by atoms with Gasteiger partial charge in [0, 0.05) is 247 Å². The minimum Gasteiger partial charge on any atom is -0.483 e. The zero-order chi connectivity index (χ0) is 104. The normalized spacial score (nSPS) is 14.7. The molecular weight excluding hydrogens is 1770 g/mol. The molecule has 29 heteroatoms. The fourth-order valence-corrected chi connectivity index (χ4v) is 17.4. The van der Waals surface area contributed by atoms with Gasteiger partial charge in [-0.3, -0.25) is 68.7 Å². The standard InChI is InChI=1S/2C15H23N3O.C15H25N3.C15H22N2O2.C14H23N3.C14H20N2O2.C12H21N3.C12H18N2O2/c1-11-9-14(12(2)13(3)16-11)17-15(19)10-18-7-5-4-6-8-18;1-11-9-14(12(2)13(3)17-11)16-10-15(19)18-7-5-4-6-8-18;1-12-11-15(13(2)14(3)17-12)16-7-10-18-8-5-4-6-9-18;1-11-9-14(12(2)13(3)16-11)19-10-15(18)17-7-5-4-6-8-17;1-11-10-14(12(2)13(3)16-11)15-6-9-17-7-4-5-8-17;1-10-8-13(11(2)12(3)15-10)18-9-14(17)16-6-4-5-7-16;1-9-8-12(10(2)11(3)14-9)13-6-7-15(4)5;1-8-6-11(9(2)10(3)13-8)16-7-12(15)14(4)5/h9H,4-8,10H2,1-3H3,(H,16,17,19);9H,4-8,10H2,1-3H3,(H,16,17);11H,4-10H2,1-3H3,(H,16,17);9H,4-8,10H2,1-3H3;10H,4-9H2,1-3H3,(H,15,16);8H,4-7,9H2,1-3H3;8H,6-7H2,1-5H3,(H,13,14);6H,7H2,1-5H3. The fraction of sp³-hybridized carbons (Fsp3) is 0.598. The number of likely N-dealkylation sites (tertiary alicyclic amines) is 6. The molecule has 14 rings (SSSR count). The van der Waals surface area contributed by atoms with Crippen LogP contribution in [0, 0.1) is 166 Å². The monoisotopic (exact) mass is 1940 g/mol. The van der Waals surface area contributed by atoms with Crippen LogP contribution < -0.4 is 40.8 Å². The Morgan fingerprint density at radius 3 is 0.851 bits per heavy atom. The van der Waals surface area contributed by atoms with E-state index in [4.69, 9.17) is 14.2 Å². The third-order valence-electron chi connectivity index (χ3n) is 27.0. The van der Waals surface area contributed by atoms with Gasteiger partial charge in [0.1, 0.15) is 17.2 Å². The number of amides is 5. The van der Waals surface area contributed by atoms with Crippen LogP contribution in [0.4, 0.5) is 28.4 Å². The van der Waals surface area contributed by atoms with Gasteiger partial charge in [0.05, 0.1) is 13.1 Å². The highest BCUT2D eigenvalue weighted by molar-refractivity contribution is 5.93. The average molecular weight is 1940 g/mol. The molecule has 0 spiro atoms. The Morgan fingerprint density at radius 2 is 0.532 bits per heavy atom. The highest BCUT2D eigenvalue weighted by Gasteiger charge is 2.24. The van der Waals surface area contributed by atoms with Crippen molar-refractivity contribution in [3.63, 3.8) is 0 Å². The van der Waals surface area contributed by atoms with Gasteiger partial charge in [0.2, 0.25) is 11.8 Å². The quantitative estimate of drug-likeness (QED) is 0.0319. The summed E-state index contributed by atoms with van der Waals surface area (Å²) in [5, 5.41) is 16.8. The van der Waals surface area contributed by atoms with Crippen molar-refractivity contribution < 1.29 is 38.2 Å². The summed E-state index contributed by atoms with van der Waals surface area (Å²) in [6.45, 7) is 68.3. The molecule has 5 N–H and O–H groups in total. The maximum atomic E-state index is 12.1. The second-order valence-electron chi connectivity index (χ2n) is 39.4. The lowest BCUT2D eigenvalue weighted by Crippen LogP contribution is -2.39. The van der Waals surface area contributed by atoms with E-state index in [0.717, 1.165) is 278 Å². The molecule has 8 aromatic rings. The van der Waals surface area contributed by atoms with Crippen LogP contribution in [-0.2, 0) is 24.0 Å². The van der Waals surface area contributed by atoms with Crippen molar-refractivity contribution in [1.29, 1.82) is 0 Å². The van der Waals surface area contributed by atoms with Gasteiger partial charge in [-0.15, -0.1) is 0 Å². The number of carbonyl (C=O) groups excluding carboxylic acids is 5. The minimum absolute atomic E-state index is 0.0495. The topological polar surface area (TPSA) is 302 Å². The number of nitrogens with zero attached hydrogens (tertiary/aromatic N) is 16. The molecule has 0 bridgehead atoms. The van der Waals surface area contributed by atoms with Gasteiger partial charge in [0.15, 0.2) is 19.8 Å². The Balaban J connectivity index is 0.000000219. The first-order chi connectivity index (χ1) is 67.0. The summed E-state index contributed by atoms with van der Waals surface area (Å²) in [5.41, 5.74) is 30.8. The summed E-state index contributed by atoms with van der Waals surface area (Å²) < 4.78 is 16.8. The Hall–Kier alpha value is -11.0. The van der Waals surface area contributed by atoms with Crippen LogP contribution in [0.1, 0.15) is 238 Å². The van der Waals surface area contributed by atoms with Crippen molar-refractivity contribution in [2.75, 3.05) is 205 Å².